The molecule has 1 N–H and O–H groups in total. The van der Waals surface area contributed by atoms with Gasteiger partial charge in [-0.1, -0.05) is 6.07 Å². The van der Waals surface area contributed by atoms with E-state index in [1.165, 1.54) is 56.7 Å². The molecule has 1 atom stereocenters. The predicted octanol–water partition coefficient (Wildman–Crippen LogP) is 3.14. The largest absolute Gasteiger partial charge is 0.364 e. The molecule has 2 fully saturated rings. The van der Waals surface area contributed by atoms with E-state index in [0.717, 1.165) is 24.9 Å². The number of rotatable bonds is 5. The number of hydrogen-bond acceptors (Lipinski definition) is 3. The van der Waals surface area contributed by atoms with Crippen molar-refractivity contribution in [3.63, 3.8) is 0 Å². The average Bonchev–Trinajstić information content (AvgIpc) is 3.29. The number of aromatic amines is 1. The van der Waals surface area contributed by atoms with Crippen LogP contribution in [0.5, 0.6) is 0 Å². The van der Waals surface area contributed by atoms with Crippen LogP contribution in [0.15, 0.2) is 42.9 Å². The van der Waals surface area contributed by atoms with Gasteiger partial charge in [0.05, 0.1) is 0 Å². The highest BCUT2D eigenvalue weighted by Gasteiger charge is 2.31. The molecule has 1 unspecified atom stereocenters. The van der Waals surface area contributed by atoms with Crippen LogP contribution in [-0.2, 0) is 13.1 Å². The molecule has 0 bridgehead atoms. The molecule has 2 aliphatic heterocycles. The van der Waals surface area contributed by atoms with Crippen LogP contribution in [-0.4, -0.2) is 45.9 Å². The zero-order chi connectivity index (χ0) is 16.2. The van der Waals surface area contributed by atoms with Gasteiger partial charge in [-0.3, -0.25) is 14.8 Å². The third kappa shape index (κ3) is 3.87. The molecular formula is C20H28N4. The second-order valence-corrected chi connectivity index (χ2v) is 7.45. The first kappa shape index (κ1) is 15.9. The highest BCUT2D eigenvalue weighted by molar-refractivity contribution is 5.08. The van der Waals surface area contributed by atoms with E-state index in [1.54, 1.807) is 0 Å². The molecule has 0 amide bonds. The van der Waals surface area contributed by atoms with Crippen molar-refractivity contribution in [2.75, 3.05) is 26.2 Å². The van der Waals surface area contributed by atoms with Crippen molar-refractivity contribution in [3.05, 3.63) is 54.1 Å². The van der Waals surface area contributed by atoms with Crippen molar-refractivity contribution >= 4 is 0 Å². The molecule has 4 heteroatoms. The van der Waals surface area contributed by atoms with Gasteiger partial charge in [0.15, 0.2) is 0 Å². The molecule has 0 saturated carbocycles. The van der Waals surface area contributed by atoms with Crippen molar-refractivity contribution in [2.45, 2.75) is 32.4 Å². The molecule has 2 aromatic rings. The minimum Gasteiger partial charge on any atom is -0.364 e. The summed E-state index contributed by atoms with van der Waals surface area (Å²) in [5.74, 6) is 1.82. The first-order valence-electron chi connectivity index (χ1n) is 9.33. The number of nitrogens with zero attached hydrogens (tertiary/aromatic N) is 3. The zero-order valence-electron chi connectivity index (χ0n) is 14.4. The Morgan fingerprint density at radius 1 is 0.958 bits per heavy atom. The number of aromatic nitrogens is 2. The van der Waals surface area contributed by atoms with Gasteiger partial charge < -0.3 is 4.98 Å². The highest BCUT2D eigenvalue weighted by Crippen LogP contribution is 2.32. The lowest BCUT2D eigenvalue weighted by Gasteiger charge is -2.34. The standard InChI is InChI=1S/C20H28N4/c1-3-17(13-21-8-1)14-23-10-5-18(6-11-23)19-7-12-24(15-19)16-20-4-2-9-22-20/h1-4,8-9,13,18-19,22H,5-7,10-12,14-16H2. The molecule has 0 aromatic carbocycles. The number of hydrogen-bond donors (Lipinski definition) is 1. The lowest BCUT2D eigenvalue weighted by molar-refractivity contribution is 0.141. The van der Waals surface area contributed by atoms with E-state index < -0.39 is 0 Å². The second-order valence-electron chi connectivity index (χ2n) is 7.45. The number of pyridine rings is 1. The van der Waals surface area contributed by atoms with Gasteiger partial charge in [0.1, 0.15) is 0 Å². The normalized spacial score (nSPS) is 23.8. The van der Waals surface area contributed by atoms with Crippen molar-refractivity contribution in [3.8, 4) is 0 Å². The summed E-state index contributed by atoms with van der Waals surface area (Å²) >= 11 is 0. The molecule has 4 heterocycles. The molecule has 0 spiro atoms. The molecule has 4 rings (SSSR count). The molecule has 4 nitrogen and oxygen atoms in total. The lowest BCUT2D eigenvalue weighted by Crippen LogP contribution is -2.36. The SMILES string of the molecule is c1cncc(CN2CCC(C3CCN(Cc4ccc[nH]4)C3)CC2)c1. The fourth-order valence-electron chi connectivity index (χ4n) is 4.43. The van der Waals surface area contributed by atoms with Gasteiger partial charge in [-0.05, 0) is 74.5 Å². The van der Waals surface area contributed by atoms with Crippen molar-refractivity contribution in [1.82, 2.24) is 19.8 Å². The molecule has 0 radical (unpaired) electrons. The smallest absolute Gasteiger partial charge is 0.0385 e. The molecule has 2 aromatic heterocycles. The summed E-state index contributed by atoms with van der Waals surface area (Å²) in [4.78, 5) is 12.8. The number of nitrogens with one attached hydrogen (secondary N) is 1. The summed E-state index contributed by atoms with van der Waals surface area (Å²) in [6, 6.07) is 8.53. The van der Waals surface area contributed by atoms with Crippen LogP contribution in [0, 0.1) is 11.8 Å². The summed E-state index contributed by atoms with van der Waals surface area (Å²) in [7, 11) is 0. The van der Waals surface area contributed by atoms with E-state index in [0.29, 0.717) is 0 Å². The van der Waals surface area contributed by atoms with E-state index in [-0.39, 0.29) is 0 Å². The van der Waals surface area contributed by atoms with Crippen LogP contribution < -0.4 is 0 Å². The van der Waals surface area contributed by atoms with E-state index >= 15 is 0 Å². The van der Waals surface area contributed by atoms with Crippen molar-refractivity contribution < 1.29 is 0 Å². The minimum atomic E-state index is 0.903. The first-order chi connectivity index (χ1) is 11.9. The Balaban J connectivity index is 1.23. The summed E-state index contributed by atoms with van der Waals surface area (Å²) in [6.45, 7) is 7.18. The van der Waals surface area contributed by atoms with E-state index in [9.17, 15) is 0 Å². The second kappa shape index (κ2) is 7.49. The first-order valence-corrected chi connectivity index (χ1v) is 9.33. The average molecular weight is 324 g/mol. The maximum atomic E-state index is 4.23. The van der Waals surface area contributed by atoms with Crippen LogP contribution in [0.2, 0.25) is 0 Å². The lowest BCUT2D eigenvalue weighted by atomic mass is 9.83. The van der Waals surface area contributed by atoms with Gasteiger partial charge in [0.2, 0.25) is 0 Å². The maximum Gasteiger partial charge on any atom is 0.0385 e. The highest BCUT2D eigenvalue weighted by atomic mass is 15.2. The topological polar surface area (TPSA) is 35.2 Å². The summed E-state index contributed by atoms with van der Waals surface area (Å²) < 4.78 is 0. The summed E-state index contributed by atoms with van der Waals surface area (Å²) in [5, 5.41) is 0. The Morgan fingerprint density at radius 2 is 1.79 bits per heavy atom. The third-order valence-corrected chi connectivity index (χ3v) is 5.79. The van der Waals surface area contributed by atoms with E-state index in [4.69, 9.17) is 0 Å². The van der Waals surface area contributed by atoms with Gasteiger partial charge in [0.25, 0.3) is 0 Å². The quantitative estimate of drug-likeness (QED) is 0.918. The Hall–Kier alpha value is -1.65. The summed E-state index contributed by atoms with van der Waals surface area (Å²) in [6.07, 6.45) is 9.99. The van der Waals surface area contributed by atoms with Gasteiger partial charge in [-0.2, -0.15) is 0 Å². The van der Waals surface area contributed by atoms with Crippen LogP contribution in [0.25, 0.3) is 0 Å². The van der Waals surface area contributed by atoms with E-state index in [1.807, 2.05) is 24.7 Å². The monoisotopic (exact) mass is 324 g/mol. The number of likely N-dealkylation sites (tertiary alicyclic amines) is 2. The van der Waals surface area contributed by atoms with Crippen LogP contribution in [0.1, 0.15) is 30.5 Å². The Bertz CT molecular complexity index is 602. The van der Waals surface area contributed by atoms with Gasteiger partial charge in [0, 0.05) is 43.9 Å². The fraction of sp³-hybridized carbons (Fsp3) is 0.550. The Kier molecular flexibility index (Phi) is 4.95. The number of piperidine rings is 1. The van der Waals surface area contributed by atoms with Gasteiger partial charge >= 0.3 is 0 Å². The van der Waals surface area contributed by atoms with Crippen LogP contribution >= 0.6 is 0 Å². The number of H-pyrrole nitrogens is 1. The molecule has 2 aliphatic rings. The van der Waals surface area contributed by atoms with Crippen LogP contribution in [0.3, 0.4) is 0 Å². The molecular weight excluding hydrogens is 296 g/mol. The molecule has 24 heavy (non-hydrogen) atoms. The van der Waals surface area contributed by atoms with Gasteiger partial charge in [-0.25, -0.2) is 0 Å². The van der Waals surface area contributed by atoms with Crippen molar-refractivity contribution in [1.29, 1.82) is 0 Å². The minimum absolute atomic E-state index is 0.903. The summed E-state index contributed by atoms with van der Waals surface area (Å²) in [5.41, 5.74) is 2.69. The van der Waals surface area contributed by atoms with Crippen LogP contribution in [0.4, 0.5) is 0 Å². The predicted molar refractivity (Wildman–Crippen MR) is 96.4 cm³/mol. The maximum absolute atomic E-state index is 4.23. The Morgan fingerprint density at radius 3 is 2.54 bits per heavy atom. The molecule has 2 saturated heterocycles. The fourth-order valence-corrected chi connectivity index (χ4v) is 4.43. The van der Waals surface area contributed by atoms with Gasteiger partial charge in [-0.15, -0.1) is 0 Å². The van der Waals surface area contributed by atoms with Crippen molar-refractivity contribution in [2.24, 2.45) is 11.8 Å². The van der Waals surface area contributed by atoms with E-state index in [2.05, 4.69) is 38.0 Å². The third-order valence-electron chi connectivity index (χ3n) is 5.79. The zero-order valence-corrected chi connectivity index (χ0v) is 14.4. The Labute approximate surface area is 144 Å². The molecule has 128 valence electrons. The molecule has 0 aliphatic carbocycles.